The monoisotopic (exact) mass is 362 g/mol. The molecule has 0 radical (unpaired) electrons. The summed E-state index contributed by atoms with van der Waals surface area (Å²) in [7, 11) is 1.64. The van der Waals surface area contributed by atoms with Crippen LogP contribution in [0.15, 0.2) is 48.5 Å². The Bertz CT molecular complexity index is 775. The highest BCUT2D eigenvalue weighted by atomic mass is 35.5. The third-order valence-corrected chi connectivity index (χ3v) is 4.72. The molecular formula is C18H16Cl2N2O2. The van der Waals surface area contributed by atoms with Gasteiger partial charge in [-0.25, -0.2) is 9.69 Å². The minimum Gasteiger partial charge on any atom is -0.314 e. The molecule has 1 heterocycles. The van der Waals surface area contributed by atoms with Crippen LogP contribution in [0.2, 0.25) is 10.0 Å². The number of anilines is 1. The first-order valence-corrected chi connectivity index (χ1v) is 8.27. The second-order valence-electron chi connectivity index (χ2n) is 5.84. The lowest BCUT2D eigenvalue weighted by Gasteiger charge is -2.23. The van der Waals surface area contributed by atoms with Gasteiger partial charge >= 0.3 is 6.03 Å². The van der Waals surface area contributed by atoms with Gasteiger partial charge in [-0.15, -0.1) is 0 Å². The highest BCUT2D eigenvalue weighted by Crippen LogP contribution is 2.34. The maximum Gasteiger partial charge on any atom is 0.331 e. The summed E-state index contributed by atoms with van der Waals surface area (Å²) in [5.74, 6) is -0.413. The Balaban J connectivity index is 1.97. The number of hydrogen-bond donors (Lipinski definition) is 0. The van der Waals surface area contributed by atoms with E-state index in [0.717, 1.165) is 10.5 Å². The van der Waals surface area contributed by atoms with Gasteiger partial charge in [-0.05, 0) is 23.8 Å². The average molecular weight is 363 g/mol. The summed E-state index contributed by atoms with van der Waals surface area (Å²) in [5.41, 5.74) is 1.39. The van der Waals surface area contributed by atoms with Crippen LogP contribution in [0.1, 0.15) is 18.4 Å². The van der Waals surface area contributed by atoms with Crippen LogP contribution in [0.25, 0.3) is 0 Å². The highest BCUT2D eigenvalue weighted by molar-refractivity contribution is 6.35. The molecule has 24 heavy (non-hydrogen) atoms. The van der Waals surface area contributed by atoms with Gasteiger partial charge < -0.3 is 4.90 Å². The second-order valence-corrected chi connectivity index (χ2v) is 6.71. The lowest BCUT2D eigenvalue weighted by Crippen LogP contribution is -2.36. The first-order valence-electron chi connectivity index (χ1n) is 7.52. The normalized spacial score (nSPS) is 19.1. The molecule has 0 unspecified atom stereocenters. The number of likely N-dealkylation sites (N-methyl/N-ethyl adjacent to an activating group) is 1. The van der Waals surface area contributed by atoms with Crippen molar-refractivity contribution in [1.82, 2.24) is 4.90 Å². The van der Waals surface area contributed by atoms with Crippen LogP contribution in [-0.2, 0) is 4.79 Å². The zero-order chi connectivity index (χ0) is 17.4. The number of nitrogens with zero attached hydrogens (tertiary/aromatic N) is 2. The van der Waals surface area contributed by atoms with E-state index in [2.05, 4.69) is 0 Å². The lowest BCUT2D eigenvalue weighted by atomic mass is 9.92. The molecule has 0 aromatic heterocycles. The molecule has 2 atom stereocenters. The number of hydrogen-bond acceptors (Lipinski definition) is 2. The summed E-state index contributed by atoms with van der Waals surface area (Å²) < 4.78 is 0. The summed E-state index contributed by atoms with van der Waals surface area (Å²) in [6, 6.07) is 13.4. The molecule has 2 aromatic carbocycles. The zero-order valence-electron chi connectivity index (χ0n) is 13.2. The maximum atomic E-state index is 12.9. The summed E-state index contributed by atoms with van der Waals surface area (Å²) in [5, 5.41) is 0.751. The Morgan fingerprint density at radius 3 is 2.17 bits per heavy atom. The van der Waals surface area contributed by atoms with Gasteiger partial charge in [0.1, 0.15) is 6.04 Å². The number of carbonyl (C=O) groups excluding carboxylic acids is 2. The number of imide groups is 1. The quantitative estimate of drug-likeness (QED) is 0.750. The third kappa shape index (κ3) is 2.87. The van der Waals surface area contributed by atoms with Crippen molar-refractivity contribution in [3.05, 3.63) is 64.1 Å². The van der Waals surface area contributed by atoms with E-state index in [9.17, 15) is 9.59 Å². The molecular weight excluding hydrogens is 347 g/mol. The van der Waals surface area contributed by atoms with E-state index in [4.69, 9.17) is 23.2 Å². The molecule has 3 rings (SSSR count). The molecule has 3 amide bonds. The largest absolute Gasteiger partial charge is 0.331 e. The van der Waals surface area contributed by atoms with E-state index < -0.39 is 6.04 Å². The summed E-state index contributed by atoms with van der Waals surface area (Å²) in [6.45, 7) is 1.94. The molecule has 1 saturated heterocycles. The van der Waals surface area contributed by atoms with E-state index in [0.29, 0.717) is 15.7 Å². The van der Waals surface area contributed by atoms with E-state index >= 15 is 0 Å². The number of amides is 3. The Labute approximate surface area is 150 Å². The molecule has 0 bridgehead atoms. The Morgan fingerprint density at radius 2 is 1.58 bits per heavy atom. The number of rotatable bonds is 3. The Kier molecular flexibility index (Phi) is 4.52. The average Bonchev–Trinajstić information content (AvgIpc) is 2.76. The van der Waals surface area contributed by atoms with Crippen molar-refractivity contribution in [1.29, 1.82) is 0 Å². The summed E-state index contributed by atoms with van der Waals surface area (Å²) in [6.07, 6.45) is 0. The molecule has 2 aromatic rings. The van der Waals surface area contributed by atoms with Crippen molar-refractivity contribution >= 4 is 40.8 Å². The molecule has 1 aliphatic rings. The van der Waals surface area contributed by atoms with Crippen LogP contribution in [0, 0.1) is 0 Å². The predicted octanol–water partition coefficient (Wildman–Crippen LogP) is 4.56. The van der Waals surface area contributed by atoms with Gasteiger partial charge in [-0.1, -0.05) is 60.5 Å². The molecule has 4 nitrogen and oxygen atoms in total. The molecule has 1 fully saturated rings. The number of benzene rings is 2. The minimum atomic E-state index is -0.572. The van der Waals surface area contributed by atoms with Crippen molar-refractivity contribution in [3.8, 4) is 0 Å². The zero-order valence-corrected chi connectivity index (χ0v) is 14.8. The van der Waals surface area contributed by atoms with E-state index in [1.54, 1.807) is 25.2 Å². The van der Waals surface area contributed by atoms with Crippen LogP contribution in [-0.4, -0.2) is 29.9 Å². The Morgan fingerprint density at radius 1 is 1.00 bits per heavy atom. The fourth-order valence-corrected chi connectivity index (χ4v) is 3.58. The summed E-state index contributed by atoms with van der Waals surface area (Å²) in [4.78, 5) is 28.2. The lowest BCUT2D eigenvalue weighted by molar-refractivity contribution is -0.120. The topological polar surface area (TPSA) is 40.6 Å². The van der Waals surface area contributed by atoms with Gasteiger partial charge in [0.15, 0.2) is 0 Å². The fourth-order valence-electron chi connectivity index (χ4n) is 3.06. The smallest absolute Gasteiger partial charge is 0.314 e. The van der Waals surface area contributed by atoms with Gasteiger partial charge in [0, 0.05) is 23.0 Å². The number of carbonyl (C=O) groups is 2. The van der Waals surface area contributed by atoms with Crippen molar-refractivity contribution in [2.75, 3.05) is 11.9 Å². The Hall–Kier alpha value is -2.04. The van der Waals surface area contributed by atoms with Gasteiger partial charge in [0.05, 0.1) is 5.69 Å². The van der Waals surface area contributed by atoms with Crippen LogP contribution >= 0.6 is 23.2 Å². The van der Waals surface area contributed by atoms with Crippen LogP contribution in [0.5, 0.6) is 0 Å². The van der Waals surface area contributed by atoms with Crippen molar-refractivity contribution in [2.24, 2.45) is 0 Å². The van der Waals surface area contributed by atoms with Gasteiger partial charge in [-0.2, -0.15) is 0 Å². The van der Waals surface area contributed by atoms with Crippen LogP contribution < -0.4 is 4.90 Å². The van der Waals surface area contributed by atoms with Crippen LogP contribution in [0.4, 0.5) is 10.5 Å². The highest BCUT2D eigenvalue weighted by Gasteiger charge is 2.46. The standard InChI is InChI=1S/C18H16Cl2N2O2/c1-11(12-6-4-3-5-7-12)16-17(23)22(18(24)21(16)2)15-9-13(19)8-14(20)10-15/h3-11,16H,1-2H3/t11-,16-/m1/s1. The molecule has 1 aliphatic heterocycles. The SMILES string of the molecule is C[C@H](c1ccccc1)[C@@H]1C(=O)N(c2cc(Cl)cc(Cl)c2)C(=O)N1C. The van der Waals surface area contributed by atoms with Crippen molar-refractivity contribution < 1.29 is 9.59 Å². The molecule has 0 spiro atoms. The van der Waals surface area contributed by atoms with Crippen molar-refractivity contribution in [3.63, 3.8) is 0 Å². The van der Waals surface area contributed by atoms with Gasteiger partial charge in [0.2, 0.25) is 0 Å². The van der Waals surface area contributed by atoms with Crippen molar-refractivity contribution in [2.45, 2.75) is 18.9 Å². The molecule has 0 aliphatic carbocycles. The van der Waals surface area contributed by atoms with Crippen LogP contribution in [0.3, 0.4) is 0 Å². The van der Waals surface area contributed by atoms with Gasteiger partial charge in [0.25, 0.3) is 5.91 Å². The molecule has 0 N–H and O–H groups in total. The second kappa shape index (κ2) is 6.46. The third-order valence-electron chi connectivity index (χ3n) is 4.29. The molecule has 6 heteroatoms. The number of halogens is 2. The first-order chi connectivity index (χ1) is 11.4. The fraction of sp³-hybridized carbons (Fsp3) is 0.222. The van der Waals surface area contributed by atoms with E-state index in [-0.39, 0.29) is 17.9 Å². The van der Waals surface area contributed by atoms with Gasteiger partial charge in [-0.3, -0.25) is 4.79 Å². The molecule has 0 saturated carbocycles. The van der Waals surface area contributed by atoms with E-state index in [1.807, 2.05) is 37.3 Å². The summed E-state index contributed by atoms with van der Waals surface area (Å²) >= 11 is 12.0. The van der Waals surface area contributed by atoms with E-state index in [1.165, 1.54) is 4.90 Å². The minimum absolute atomic E-state index is 0.132. The number of urea groups is 1. The maximum absolute atomic E-state index is 12.9. The molecule has 124 valence electrons. The predicted molar refractivity (Wildman–Crippen MR) is 95.8 cm³/mol. The first kappa shape index (κ1) is 16.8.